The minimum absolute atomic E-state index is 0.0590. The van der Waals surface area contributed by atoms with Crippen molar-refractivity contribution in [1.29, 1.82) is 0 Å². The molecule has 0 amide bonds. The van der Waals surface area contributed by atoms with E-state index in [-0.39, 0.29) is 6.42 Å². The van der Waals surface area contributed by atoms with Crippen molar-refractivity contribution in [2.75, 3.05) is 0 Å². The van der Waals surface area contributed by atoms with Gasteiger partial charge in [-0.3, -0.25) is 0 Å². The van der Waals surface area contributed by atoms with Gasteiger partial charge in [-0.05, 0) is 6.92 Å². The average Bonchev–Trinajstić information content (AvgIpc) is 1.61. The number of hydrogen-bond acceptors (Lipinski definition) is 0. The zero-order chi connectivity index (χ0) is 5.70. The molecule has 1 radical (unpaired) electrons. The summed E-state index contributed by atoms with van der Waals surface area (Å²) >= 11 is 0. The van der Waals surface area contributed by atoms with Gasteiger partial charge in [-0.15, -0.1) is 0 Å². The molecule has 0 aromatic carbocycles. The highest BCUT2D eigenvalue weighted by Crippen LogP contribution is 1.91. The summed E-state index contributed by atoms with van der Waals surface area (Å²) in [4.78, 5) is 0. The summed E-state index contributed by atoms with van der Waals surface area (Å²) in [7, 11) is 0. The van der Waals surface area contributed by atoms with Gasteiger partial charge in [0.05, 0.1) is 0 Å². The maximum atomic E-state index is 11.6. The first kappa shape index (κ1) is 6.29. The van der Waals surface area contributed by atoms with Crippen LogP contribution < -0.4 is 0 Å². The summed E-state index contributed by atoms with van der Waals surface area (Å²) in [5.74, 6) is 2.07. The molecule has 1 unspecified atom stereocenters. The summed E-state index contributed by atoms with van der Waals surface area (Å²) in [6, 6.07) is 0. The van der Waals surface area contributed by atoms with Crippen LogP contribution in [0.5, 0.6) is 0 Å². The molecule has 7 heavy (non-hydrogen) atoms. The quantitative estimate of drug-likeness (QED) is 0.441. The molecule has 0 N–H and O–H groups in total. The molecule has 0 aliphatic rings. The fourth-order valence-corrected chi connectivity index (χ4v) is 0.182. The molecule has 39 valence electrons. The first-order chi connectivity index (χ1) is 3.27. The summed E-state index contributed by atoms with van der Waals surface area (Å²) in [6.45, 7) is 1.37. The Balaban J connectivity index is 3.08. The maximum absolute atomic E-state index is 11.6. The van der Waals surface area contributed by atoms with Crippen LogP contribution in [0.1, 0.15) is 13.3 Å². The van der Waals surface area contributed by atoms with E-state index in [1.807, 2.05) is 0 Å². The van der Waals surface area contributed by atoms with Crippen molar-refractivity contribution in [3.63, 3.8) is 0 Å². The third kappa shape index (κ3) is 5.29. The molecule has 0 spiro atoms. The molecule has 0 saturated heterocycles. The van der Waals surface area contributed by atoms with Crippen molar-refractivity contribution in [1.82, 2.24) is 0 Å². The fourth-order valence-electron chi connectivity index (χ4n) is 0.182. The molecule has 0 fully saturated rings. The smallest absolute Gasteiger partial charge is 0.172 e. The minimum Gasteiger partial charge on any atom is -0.247 e. The zero-order valence-electron chi connectivity index (χ0n) is 4.07. The van der Waals surface area contributed by atoms with Gasteiger partial charge in [-0.25, -0.2) is 9.50 Å². The second kappa shape index (κ2) is 3.48. The van der Waals surface area contributed by atoms with E-state index in [0.29, 0.717) is 0 Å². The summed E-state index contributed by atoms with van der Waals surface area (Å²) < 4.78 is 11.6. The topological polar surface area (TPSA) is 19.9 Å². The Hall–Kier alpha value is -0.710. The van der Waals surface area contributed by atoms with E-state index in [1.165, 1.54) is 13.0 Å². The summed E-state index contributed by atoms with van der Waals surface area (Å²) in [5, 5.41) is 9.31. The van der Waals surface area contributed by atoms with Crippen LogP contribution in [-0.4, -0.2) is 6.17 Å². The zero-order valence-corrected chi connectivity index (χ0v) is 4.07. The van der Waals surface area contributed by atoms with E-state index in [1.54, 1.807) is 0 Å². The van der Waals surface area contributed by atoms with Gasteiger partial charge in [-0.2, -0.15) is 0 Å². The molecule has 0 aliphatic carbocycles. The largest absolute Gasteiger partial charge is 0.247 e. The fraction of sp³-hybridized carbons (Fsp3) is 0.600. The molecule has 0 saturated carbocycles. The summed E-state index contributed by atoms with van der Waals surface area (Å²) in [6.07, 6.45) is 0.447. The van der Waals surface area contributed by atoms with Crippen LogP contribution in [0.25, 0.3) is 0 Å². The van der Waals surface area contributed by atoms with Crippen molar-refractivity contribution < 1.29 is 9.50 Å². The van der Waals surface area contributed by atoms with Crippen LogP contribution in [0.15, 0.2) is 0 Å². The molecule has 1 nitrogen and oxygen atoms in total. The van der Waals surface area contributed by atoms with Gasteiger partial charge in [0.2, 0.25) is 0 Å². The van der Waals surface area contributed by atoms with Gasteiger partial charge >= 0.3 is 0 Å². The molecule has 2 heteroatoms. The lowest BCUT2D eigenvalue weighted by Crippen LogP contribution is -1.86. The third-order valence-corrected chi connectivity index (χ3v) is 0.456. The Morgan fingerprint density at radius 1 is 1.86 bits per heavy atom. The van der Waals surface area contributed by atoms with Crippen LogP contribution >= 0.6 is 0 Å². The highest BCUT2D eigenvalue weighted by Gasteiger charge is 1.90. The van der Waals surface area contributed by atoms with Crippen molar-refractivity contribution in [3.8, 4) is 12.0 Å². The molecule has 1 atom stereocenters. The van der Waals surface area contributed by atoms with E-state index in [2.05, 4.69) is 5.92 Å². The lowest BCUT2D eigenvalue weighted by molar-refractivity contribution is 0.362. The van der Waals surface area contributed by atoms with Gasteiger partial charge in [0.25, 0.3) is 0 Å². The van der Waals surface area contributed by atoms with Crippen LogP contribution in [0.2, 0.25) is 0 Å². The summed E-state index contributed by atoms with van der Waals surface area (Å²) in [5.41, 5.74) is 0. The molecule has 0 aliphatic heterocycles. The van der Waals surface area contributed by atoms with E-state index in [9.17, 15) is 9.50 Å². The van der Waals surface area contributed by atoms with Crippen LogP contribution in [-0.2, 0) is 5.11 Å². The molecular weight excluding hydrogens is 95.1 g/mol. The van der Waals surface area contributed by atoms with E-state index >= 15 is 0 Å². The van der Waals surface area contributed by atoms with Crippen molar-refractivity contribution >= 4 is 0 Å². The Labute approximate surface area is 42.2 Å². The van der Waals surface area contributed by atoms with Crippen LogP contribution in [0, 0.1) is 12.0 Å². The Kier molecular flexibility index (Phi) is 3.13. The number of hydrogen-bond donors (Lipinski definition) is 0. The second-order valence-corrected chi connectivity index (χ2v) is 1.26. The van der Waals surface area contributed by atoms with Crippen LogP contribution in [0.4, 0.5) is 4.39 Å². The van der Waals surface area contributed by atoms with Gasteiger partial charge in [0.15, 0.2) is 6.11 Å². The van der Waals surface area contributed by atoms with Gasteiger partial charge < -0.3 is 0 Å². The molecule has 0 aromatic rings. The highest BCUT2D eigenvalue weighted by atomic mass is 19.1. The second-order valence-electron chi connectivity index (χ2n) is 1.26. The Morgan fingerprint density at radius 3 is 2.57 bits per heavy atom. The van der Waals surface area contributed by atoms with Gasteiger partial charge in [0, 0.05) is 6.42 Å². The van der Waals surface area contributed by atoms with Crippen molar-refractivity contribution in [2.24, 2.45) is 0 Å². The van der Waals surface area contributed by atoms with E-state index in [0.717, 1.165) is 0 Å². The lowest BCUT2D eigenvalue weighted by atomic mass is 10.3. The molecular formula is C5H6FO. The molecule has 0 heterocycles. The molecule has 0 bridgehead atoms. The third-order valence-electron chi connectivity index (χ3n) is 0.456. The first-order valence-electron chi connectivity index (χ1n) is 2.01. The Bertz CT molecular complexity index is 88.0. The monoisotopic (exact) mass is 101 g/mol. The standard InChI is InChI=1S/C5H6FO/c1-5(6)3-2-4-7/h5H,3H2,1H3. The van der Waals surface area contributed by atoms with Crippen molar-refractivity contribution in [2.45, 2.75) is 19.5 Å². The maximum Gasteiger partial charge on any atom is 0.172 e. The lowest BCUT2D eigenvalue weighted by Gasteiger charge is -1.85. The Morgan fingerprint density at radius 2 is 2.43 bits per heavy atom. The van der Waals surface area contributed by atoms with Crippen LogP contribution in [0.3, 0.4) is 0 Å². The number of alkyl halides is 1. The average molecular weight is 101 g/mol. The van der Waals surface area contributed by atoms with Gasteiger partial charge in [0.1, 0.15) is 6.17 Å². The normalized spacial score (nSPS) is 11.7. The predicted octanol–water partition coefficient (Wildman–Crippen LogP) is 1.13. The SMILES string of the molecule is CC(F)CC#C[O]. The predicted molar refractivity (Wildman–Crippen MR) is 23.6 cm³/mol. The number of rotatable bonds is 1. The van der Waals surface area contributed by atoms with E-state index < -0.39 is 6.17 Å². The molecule has 0 aromatic heterocycles. The highest BCUT2D eigenvalue weighted by molar-refractivity contribution is 4.90. The minimum atomic E-state index is -0.971. The number of halogens is 1. The first-order valence-corrected chi connectivity index (χ1v) is 2.01. The van der Waals surface area contributed by atoms with Crippen molar-refractivity contribution in [3.05, 3.63) is 0 Å². The van der Waals surface area contributed by atoms with E-state index in [4.69, 9.17) is 0 Å². The van der Waals surface area contributed by atoms with Gasteiger partial charge in [-0.1, -0.05) is 5.92 Å². The molecule has 0 rings (SSSR count).